The Kier molecular flexibility index (Phi) is 3.77. The lowest BCUT2D eigenvalue weighted by Gasteiger charge is -2.08. The van der Waals surface area contributed by atoms with E-state index in [1.54, 1.807) is 23.9 Å². The Bertz CT molecular complexity index is 520. The molecule has 0 aliphatic carbocycles. The van der Waals surface area contributed by atoms with Gasteiger partial charge in [0.05, 0.1) is 5.69 Å². The van der Waals surface area contributed by atoms with E-state index < -0.39 is 0 Å². The molecule has 0 bridgehead atoms. The Morgan fingerprint density at radius 3 is 2.61 bits per heavy atom. The summed E-state index contributed by atoms with van der Waals surface area (Å²) in [6, 6.07) is 11.4. The van der Waals surface area contributed by atoms with Gasteiger partial charge in [0.2, 0.25) is 0 Å². The van der Waals surface area contributed by atoms with Gasteiger partial charge in [-0.2, -0.15) is 5.10 Å². The third-order valence-electron chi connectivity index (χ3n) is 2.62. The van der Waals surface area contributed by atoms with Gasteiger partial charge in [0, 0.05) is 13.2 Å². The van der Waals surface area contributed by atoms with Crippen molar-refractivity contribution in [1.82, 2.24) is 9.78 Å². The zero-order valence-electron chi connectivity index (χ0n) is 10.5. The minimum absolute atomic E-state index is 0.282. The van der Waals surface area contributed by atoms with Crippen molar-refractivity contribution in [2.75, 3.05) is 0 Å². The van der Waals surface area contributed by atoms with Gasteiger partial charge in [-0.3, -0.25) is 9.48 Å². The molecule has 1 radical (unpaired) electrons. The van der Waals surface area contributed by atoms with Crippen LogP contribution in [0.2, 0.25) is 0 Å². The Labute approximate surface area is 106 Å². The van der Waals surface area contributed by atoms with E-state index in [0.29, 0.717) is 11.6 Å². The Morgan fingerprint density at radius 1 is 1.28 bits per heavy atom. The highest BCUT2D eigenvalue weighted by Gasteiger charge is 2.20. The van der Waals surface area contributed by atoms with Crippen molar-refractivity contribution in [1.29, 1.82) is 0 Å². The van der Waals surface area contributed by atoms with Gasteiger partial charge in [-0.05, 0) is 18.6 Å². The van der Waals surface area contributed by atoms with Gasteiger partial charge < -0.3 is 4.74 Å². The lowest BCUT2D eigenvalue weighted by molar-refractivity contribution is -0.142. The first-order valence-electron chi connectivity index (χ1n) is 5.71. The fourth-order valence-corrected chi connectivity index (χ4v) is 1.55. The number of hydrogen-bond acceptors (Lipinski definition) is 3. The number of carbonyl (C=O) groups is 1. The van der Waals surface area contributed by atoms with E-state index in [9.17, 15) is 4.79 Å². The van der Waals surface area contributed by atoms with Crippen LogP contribution in [-0.2, 0) is 23.2 Å². The minimum atomic E-state index is -0.336. The smallest absolute Gasteiger partial charge is 0.319 e. The Morgan fingerprint density at radius 2 is 2.00 bits per heavy atom. The number of benzene rings is 1. The third kappa shape index (κ3) is 2.97. The first-order chi connectivity index (χ1) is 8.66. The predicted octanol–water partition coefficient (Wildman–Crippen LogP) is 2.11. The molecule has 0 spiro atoms. The normalized spacial score (nSPS) is 10.6. The first-order valence-corrected chi connectivity index (χ1v) is 5.71. The third-order valence-corrected chi connectivity index (χ3v) is 2.62. The molecule has 2 rings (SSSR count). The van der Waals surface area contributed by atoms with Crippen LogP contribution in [0.4, 0.5) is 0 Å². The molecule has 2 aromatic rings. The van der Waals surface area contributed by atoms with Crippen LogP contribution in [0.1, 0.15) is 18.2 Å². The van der Waals surface area contributed by atoms with Gasteiger partial charge in [0.25, 0.3) is 0 Å². The van der Waals surface area contributed by atoms with Crippen LogP contribution >= 0.6 is 0 Å². The first kappa shape index (κ1) is 12.4. The van der Waals surface area contributed by atoms with Crippen LogP contribution in [0.25, 0.3) is 0 Å². The molecule has 0 saturated heterocycles. The molecule has 0 N–H and O–H groups in total. The van der Waals surface area contributed by atoms with E-state index in [1.165, 1.54) is 0 Å². The number of nitrogens with zero attached hydrogens (tertiary/aromatic N) is 2. The molecule has 0 unspecified atom stereocenters. The van der Waals surface area contributed by atoms with Crippen molar-refractivity contribution < 1.29 is 9.53 Å². The Balaban J connectivity index is 1.92. The van der Waals surface area contributed by atoms with Crippen molar-refractivity contribution in [3.63, 3.8) is 0 Å². The maximum Gasteiger partial charge on any atom is 0.319 e. The van der Waals surface area contributed by atoms with Crippen LogP contribution in [-0.4, -0.2) is 15.7 Å². The molecular weight excluding hydrogens is 228 g/mol. The van der Waals surface area contributed by atoms with E-state index in [2.05, 4.69) is 5.10 Å². The predicted molar refractivity (Wildman–Crippen MR) is 67.5 cm³/mol. The van der Waals surface area contributed by atoms with Gasteiger partial charge in [0.15, 0.2) is 0 Å². The van der Waals surface area contributed by atoms with Crippen molar-refractivity contribution in [3.05, 3.63) is 59.8 Å². The maximum absolute atomic E-state index is 11.8. The summed E-state index contributed by atoms with van der Waals surface area (Å²) in [6.45, 7) is 2.00. The van der Waals surface area contributed by atoms with Crippen LogP contribution < -0.4 is 0 Å². The molecule has 0 amide bonds. The highest BCUT2D eigenvalue weighted by Crippen LogP contribution is 2.14. The van der Waals surface area contributed by atoms with E-state index in [4.69, 9.17) is 4.74 Å². The lowest BCUT2D eigenvalue weighted by Crippen LogP contribution is -2.14. The average Bonchev–Trinajstić information content (AvgIpc) is 2.83. The quantitative estimate of drug-likeness (QED) is 0.772. The molecule has 4 heteroatoms. The number of aryl methyl sites for hydroxylation is 1. The molecule has 0 aliphatic rings. The van der Waals surface area contributed by atoms with Crippen molar-refractivity contribution in [2.45, 2.75) is 13.5 Å². The molecule has 4 nitrogen and oxygen atoms in total. The largest absolute Gasteiger partial charge is 0.460 e. The van der Waals surface area contributed by atoms with Gasteiger partial charge >= 0.3 is 5.97 Å². The lowest BCUT2D eigenvalue weighted by atomic mass is 10.1. The standard InChI is InChI=1S/C14H15N2O2/c1-11(13-8-9-16(2)15-13)14(17)18-10-12-6-4-3-5-7-12/h3-9H,10H2,1-2H3. The van der Waals surface area contributed by atoms with Gasteiger partial charge in [-0.15, -0.1) is 0 Å². The summed E-state index contributed by atoms with van der Waals surface area (Å²) in [6.07, 6.45) is 1.79. The molecule has 1 aromatic carbocycles. The summed E-state index contributed by atoms with van der Waals surface area (Å²) in [4.78, 5) is 11.8. The summed E-state index contributed by atoms with van der Waals surface area (Å²) in [5.74, 6) is 0.184. The highest BCUT2D eigenvalue weighted by molar-refractivity contribution is 5.88. The molecule has 0 fully saturated rings. The van der Waals surface area contributed by atoms with Gasteiger partial charge in [0.1, 0.15) is 12.5 Å². The zero-order valence-corrected chi connectivity index (χ0v) is 10.5. The summed E-state index contributed by atoms with van der Waals surface area (Å²) in [5, 5.41) is 4.17. The van der Waals surface area contributed by atoms with E-state index in [0.717, 1.165) is 5.56 Å². The minimum Gasteiger partial charge on any atom is -0.460 e. The SMILES string of the molecule is C[C](C(=O)OCc1ccccc1)c1ccn(C)n1. The number of ether oxygens (including phenoxy) is 1. The summed E-state index contributed by atoms with van der Waals surface area (Å²) >= 11 is 0. The topological polar surface area (TPSA) is 44.1 Å². The Hall–Kier alpha value is -2.10. The van der Waals surface area contributed by atoms with Crippen molar-refractivity contribution in [3.8, 4) is 0 Å². The number of hydrogen-bond donors (Lipinski definition) is 0. The molecule has 0 aliphatic heterocycles. The van der Waals surface area contributed by atoms with Gasteiger partial charge in [-0.1, -0.05) is 30.3 Å². The van der Waals surface area contributed by atoms with Crippen molar-refractivity contribution in [2.24, 2.45) is 7.05 Å². The summed E-state index contributed by atoms with van der Waals surface area (Å²) in [7, 11) is 1.81. The van der Waals surface area contributed by atoms with E-state index in [1.807, 2.05) is 37.4 Å². The van der Waals surface area contributed by atoms with Gasteiger partial charge in [-0.25, -0.2) is 0 Å². The molecule has 0 atom stereocenters. The van der Waals surface area contributed by atoms with Crippen LogP contribution in [0, 0.1) is 5.92 Å². The second kappa shape index (κ2) is 5.49. The van der Waals surface area contributed by atoms with Crippen LogP contribution in [0.5, 0.6) is 0 Å². The van der Waals surface area contributed by atoms with Crippen molar-refractivity contribution >= 4 is 5.97 Å². The summed E-state index contributed by atoms with van der Waals surface area (Å²) < 4.78 is 6.88. The van der Waals surface area contributed by atoms with Crippen LogP contribution in [0.15, 0.2) is 42.6 Å². The number of esters is 1. The monoisotopic (exact) mass is 243 g/mol. The summed E-state index contributed by atoms with van der Waals surface area (Å²) in [5.41, 5.74) is 1.62. The second-order valence-corrected chi connectivity index (χ2v) is 4.06. The number of rotatable bonds is 4. The molecule has 1 aromatic heterocycles. The maximum atomic E-state index is 11.8. The number of aromatic nitrogens is 2. The molecular formula is C14H15N2O2. The molecule has 93 valence electrons. The molecule has 0 saturated carbocycles. The highest BCUT2D eigenvalue weighted by atomic mass is 16.5. The van der Waals surface area contributed by atoms with Crippen LogP contribution in [0.3, 0.4) is 0 Å². The zero-order chi connectivity index (χ0) is 13.0. The molecule has 1 heterocycles. The van der Waals surface area contributed by atoms with E-state index >= 15 is 0 Å². The number of carbonyl (C=O) groups excluding carboxylic acids is 1. The average molecular weight is 243 g/mol. The second-order valence-electron chi connectivity index (χ2n) is 4.06. The fourth-order valence-electron chi connectivity index (χ4n) is 1.55. The van der Waals surface area contributed by atoms with E-state index in [-0.39, 0.29) is 12.6 Å². The fraction of sp³-hybridized carbons (Fsp3) is 0.214. The molecule has 18 heavy (non-hydrogen) atoms.